The lowest BCUT2D eigenvalue weighted by Gasteiger charge is -2.06. The number of hydrogen-bond donors (Lipinski definition) is 2. The van der Waals surface area contributed by atoms with Crippen LogP contribution in [0.1, 0.15) is 26.3 Å². The van der Waals surface area contributed by atoms with Crippen molar-refractivity contribution in [3.8, 4) is 0 Å². The second-order valence-corrected chi connectivity index (χ2v) is 6.70. The number of amides is 2. The summed E-state index contributed by atoms with van der Waals surface area (Å²) in [5, 5.41) is 6.61. The highest BCUT2D eigenvalue weighted by molar-refractivity contribution is 9.10. The van der Waals surface area contributed by atoms with Crippen LogP contribution in [0, 0.1) is 5.82 Å². The molecule has 0 saturated carbocycles. The van der Waals surface area contributed by atoms with Gasteiger partial charge in [0.1, 0.15) is 5.82 Å². The number of carbonyl (C=O) groups excluding carboxylic acids is 2. The first kappa shape index (κ1) is 19.4. The number of benzene rings is 3. The largest absolute Gasteiger partial charge is 0.322 e. The highest BCUT2D eigenvalue weighted by Gasteiger charge is 2.08. The molecule has 0 atom stereocenters. The van der Waals surface area contributed by atoms with Crippen molar-refractivity contribution in [2.45, 2.75) is 0 Å². The van der Waals surface area contributed by atoms with Crippen LogP contribution >= 0.6 is 15.9 Å². The van der Waals surface area contributed by atoms with Crippen molar-refractivity contribution in [1.82, 2.24) is 5.43 Å². The van der Waals surface area contributed by atoms with Crippen molar-refractivity contribution in [3.63, 3.8) is 0 Å². The van der Waals surface area contributed by atoms with E-state index in [4.69, 9.17) is 0 Å². The molecule has 0 heterocycles. The Labute approximate surface area is 169 Å². The predicted octanol–water partition coefficient (Wildman–Crippen LogP) is 4.60. The molecule has 0 aliphatic rings. The maximum Gasteiger partial charge on any atom is 0.271 e. The maximum absolute atomic E-state index is 12.8. The van der Waals surface area contributed by atoms with Crippen LogP contribution in [0.2, 0.25) is 0 Å². The Kier molecular flexibility index (Phi) is 6.29. The molecule has 0 aromatic heterocycles. The third-order valence-electron chi connectivity index (χ3n) is 3.76. The van der Waals surface area contributed by atoms with E-state index in [-0.39, 0.29) is 11.7 Å². The summed E-state index contributed by atoms with van der Waals surface area (Å²) in [6.07, 6.45) is 1.42. The van der Waals surface area contributed by atoms with Gasteiger partial charge in [-0.05, 0) is 66.2 Å². The molecule has 3 aromatic carbocycles. The molecule has 0 spiro atoms. The highest BCUT2D eigenvalue weighted by atomic mass is 79.9. The third kappa shape index (κ3) is 5.34. The maximum atomic E-state index is 12.8. The van der Waals surface area contributed by atoms with Gasteiger partial charge in [0.15, 0.2) is 0 Å². The average Bonchev–Trinajstić information content (AvgIpc) is 2.70. The summed E-state index contributed by atoms with van der Waals surface area (Å²) >= 11 is 3.32. The van der Waals surface area contributed by atoms with E-state index in [1.807, 2.05) is 0 Å². The monoisotopic (exact) mass is 439 g/mol. The summed E-state index contributed by atoms with van der Waals surface area (Å²) < 4.78 is 13.7. The van der Waals surface area contributed by atoms with Gasteiger partial charge < -0.3 is 5.32 Å². The minimum Gasteiger partial charge on any atom is -0.322 e. The fraction of sp³-hybridized carbons (Fsp3) is 0. The van der Waals surface area contributed by atoms with Gasteiger partial charge in [-0.1, -0.05) is 28.1 Å². The predicted molar refractivity (Wildman–Crippen MR) is 110 cm³/mol. The number of anilines is 1. The molecule has 28 heavy (non-hydrogen) atoms. The number of nitrogens with zero attached hydrogens (tertiary/aromatic N) is 1. The molecule has 0 unspecified atom stereocenters. The Morgan fingerprint density at radius 2 is 1.39 bits per heavy atom. The van der Waals surface area contributed by atoms with Crippen LogP contribution in [0.3, 0.4) is 0 Å². The van der Waals surface area contributed by atoms with Crippen LogP contribution in [-0.4, -0.2) is 18.0 Å². The van der Waals surface area contributed by atoms with E-state index in [1.165, 1.54) is 18.3 Å². The first-order chi connectivity index (χ1) is 13.5. The van der Waals surface area contributed by atoms with E-state index >= 15 is 0 Å². The van der Waals surface area contributed by atoms with Gasteiger partial charge in [-0.2, -0.15) is 5.10 Å². The minimum atomic E-state index is -0.399. The number of rotatable bonds is 5. The number of hydrazone groups is 1. The van der Waals surface area contributed by atoms with Crippen molar-refractivity contribution in [2.75, 3.05) is 5.32 Å². The molecule has 0 aliphatic carbocycles. The quantitative estimate of drug-likeness (QED) is 0.450. The standard InChI is InChI=1S/C21H15BrFN3O2/c22-17-7-3-15(4-8-17)20(27)25-19-11-5-16(6-12-19)21(28)26-24-13-14-1-9-18(23)10-2-14/h1-13H,(H,25,27)(H,26,28)/b24-13-. The number of halogens is 2. The molecule has 3 aromatic rings. The topological polar surface area (TPSA) is 70.6 Å². The molecule has 140 valence electrons. The van der Waals surface area contributed by atoms with E-state index in [0.717, 1.165) is 4.47 Å². The minimum absolute atomic E-state index is 0.242. The Hall–Kier alpha value is -3.32. The summed E-state index contributed by atoms with van der Waals surface area (Å²) in [5.41, 5.74) is 4.54. The molecule has 3 rings (SSSR count). The van der Waals surface area contributed by atoms with Crippen LogP contribution in [0.25, 0.3) is 0 Å². The van der Waals surface area contributed by atoms with E-state index in [1.54, 1.807) is 60.7 Å². The second-order valence-electron chi connectivity index (χ2n) is 5.79. The molecule has 0 radical (unpaired) electrons. The fourth-order valence-electron chi connectivity index (χ4n) is 2.29. The Morgan fingerprint density at radius 1 is 0.821 bits per heavy atom. The summed E-state index contributed by atoms with van der Waals surface area (Å²) in [4.78, 5) is 24.3. The Bertz CT molecular complexity index is 1000. The van der Waals surface area contributed by atoms with Gasteiger partial charge in [-0.3, -0.25) is 9.59 Å². The van der Waals surface area contributed by atoms with Crippen LogP contribution in [0.4, 0.5) is 10.1 Å². The van der Waals surface area contributed by atoms with Gasteiger partial charge >= 0.3 is 0 Å². The molecular formula is C21H15BrFN3O2. The van der Waals surface area contributed by atoms with Crippen molar-refractivity contribution < 1.29 is 14.0 Å². The molecule has 7 heteroatoms. The van der Waals surface area contributed by atoms with Crippen molar-refractivity contribution in [2.24, 2.45) is 5.10 Å². The van der Waals surface area contributed by atoms with E-state index < -0.39 is 5.91 Å². The lowest BCUT2D eigenvalue weighted by Crippen LogP contribution is -2.17. The van der Waals surface area contributed by atoms with E-state index in [0.29, 0.717) is 22.4 Å². The van der Waals surface area contributed by atoms with Crippen molar-refractivity contribution in [3.05, 3.63) is 99.8 Å². The molecule has 5 nitrogen and oxygen atoms in total. The molecular weight excluding hydrogens is 425 g/mol. The SMILES string of the molecule is O=C(N/N=C\c1ccc(F)cc1)c1ccc(NC(=O)c2ccc(Br)cc2)cc1. The van der Waals surface area contributed by atoms with Crippen molar-refractivity contribution >= 4 is 39.6 Å². The zero-order chi connectivity index (χ0) is 19.9. The van der Waals surface area contributed by atoms with Crippen LogP contribution < -0.4 is 10.7 Å². The second kappa shape index (κ2) is 9.05. The molecule has 0 aliphatic heterocycles. The first-order valence-corrected chi connectivity index (χ1v) is 9.06. The van der Waals surface area contributed by atoms with E-state index in [9.17, 15) is 14.0 Å². The van der Waals surface area contributed by atoms with Gasteiger partial charge in [-0.25, -0.2) is 9.82 Å². The van der Waals surface area contributed by atoms with Gasteiger partial charge in [0.05, 0.1) is 6.21 Å². The molecule has 2 amide bonds. The zero-order valence-electron chi connectivity index (χ0n) is 14.5. The van der Waals surface area contributed by atoms with Crippen LogP contribution in [0.15, 0.2) is 82.4 Å². The summed E-state index contributed by atoms with van der Waals surface area (Å²) in [7, 11) is 0. The van der Waals surface area contributed by atoms with Crippen molar-refractivity contribution in [1.29, 1.82) is 0 Å². The molecule has 0 bridgehead atoms. The zero-order valence-corrected chi connectivity index (χ0v) is 16.1. The van der Waals surface area contributed by atoms with Gasteiger partial charge in [0.2, 0.25) is 0 Å². The first-order valence-electron chi connectivity index (χ1n) is 8.27. The molecule has 2 N–H and O–H groups in total. The number of carbonyl (C=O) groups is 2. The third-order valence-corrected chi connectivity index (χ3v) is 4.29. The number of hydrogen-bond acceptors (Lipinski definition) is 3. The number of nitrogens with one attached hydrogen (secondary N) is 2. The highest BCUT2D eigenvalue weighted by Crippen LogP contribution is 2.14. The van der Waals surface area contributed by atoms with E-state index in [2.05, 4.69) is 31.8 Å². The normalized spacial score (nSPS) is 10.6. The average molecular weight is 440 g/mol. The summed E-state index contributed by atoms with van der Waals surface area (Å²) in [5.74, 6) is -0.980. The Balaban J connectivity index is 1.57. The summed E-state index contributed by atoms with van der Waals surface area (Å²) in [6, 6.07) is 19.1. The smallest absolute Gasteiger partial charge is 0.271 e. The van der Waals surface area contributed by atoms with Gasteiger partial charge in [0.25, 0.3) is 11.8 Å². The molecule has 0 saturated heterocycles. The fourth-order valence-corrected chi connectivity index (χ4v) is 2.55. The lowest BCUT2D eigenvalue weighted by atomic mass is 10.1. The summed E-state index contributed by atoms with van der Waals surface area (Å²) in [6.45, 7) is 0. The lowest BCUT2D eigenvalue weighted by molar-refractivity contribution is 0.0954. The van der Waals surface area contributed by atoms with Crippen LogP contribution in [-0.2, 0) is 0 Å². The van der Waals surface area contributed by atoms with Gasteiger partial charge in [-0.15, -0.1) is 0 Å². The molecule has 0 fully saturated rings. The Morgan fingerprint density at radius 3 is 2.04 bits per heavy atom. The van der Waals surface area contributed by atoms with Gasteiger partial charge in [0, 0.05) is 21.3 Å². The van der Waals surface area contributed by atoms with Crippen LogP contribution in [0.5, 0.6) is 0 Å².